The van der Waals surface area contributed by atoms with Crippen LogP contribution in [0.3, 0.4) is 0 Å². The maximum absolute atomic E-state index is 14.7. The van der Waals surface area contributed by atoms with Gasteiger partial charge in [-0.2, -0.15) is 5.10 Å². The van der Waals surface area contributed by atoms with Crippen molar-refractivity contribution in [2.24, 2.45) is 0 Å². The second kappa shape index (κ2) is 12.6. The fraction of sp³-hybridized carbons (Fsp3) is 0.167. The zero-order valence-electron chi connectivity index (χ0n) is 22.6. The van der Waals surface area contributed by atoms with Crippen molar-refractivity contribution in [3.05, 3.63) is 126 Å². The minimum absolute atomic E-state index is 0.0841. The van der Waals surface area contributed by atoms with E-state index in [0.29, 0.717) is 22.8 Å². The number of rotatable bonds is 12. The molecule has 0 fully saturated rings. The van der Waals surface area contributed by atoms with E-state index < -0.39 is 17.2 Å². The third kappa shape index (κ3) is 6.97. The molecule has 4 aromatic rings. The first-order chi connectivity index (χ1) is 20.3. The number of β-amino-alcohol motifs (C(OH)–C–C–N with tert-alkyl or cyclic N) is 1. The molecule has 1 aliphatic rings. The van der Waals surface area contributed by atoms with Gasteiger partial charge in [-0.25, -0.2) is 18.4 Å². The fourth-order valence-electron chi connectivity index (χ4n) is 4.37. The lowest BCUT2D eigenvalue weighted by Crippen LogP contribution is -2.48. The number of hydrogen-bond acceptors (Lipinski definition) is 9. The van der Waals surface area contributed by atoms with Gasteiger partial charge in [0.2, 0.25) is 0 Å². The maximum atomic E-state index is 14.7. The Kier molecular flexibility index (Phi) is 8.55. The Morgan fingerprint density at radius 3 is 2.50 bits per heavy atom. The Balaban J connectivity index is 1.18. The first-order valence-corrected chi connectivity index (χ1v) is 12.9. The van der Waals surface area contributed by atoms with Crippen LogP contribution in [0.5, 0.6) is 11.5 Å². The van der Waals surface area contributed by atoms with E-state index in [1.807, 2.05) is 12.1 Å². The summed E-state index contributed by atoms with van der Waals surface area (Å²) in [4.78, 5) is 16.3. The SMILES string of the molecule is COc1ccc(C(=O)/C=C/c2ccc(OCC3=CN(CC(O)(Cn4cncn4)c4ccc(F)cc4F)NN3)cc2)cc1. The van der Waals surface area contributed by atoms with E-state index in [0.717, 1.165) is 17.7 Å². The van der Waals surface area contributed by atoms with Gasteiger partial charge in [-0.3, -0.25) is 9.80 Å². The lowest BCUT2D eigenvalue weighted by atomic mass is 9.92. The molecule has 5 rings (SSSR count). The highest BCUT2D eigenvalue weighted by molar-refractivity contribution is 6.06. The van der Waals surface area contributed by atoms with E-state index in [1.54, 1.807) is 55.8 Å². The van der Waals surface area contributed by atoms with Crippen molar-refractivity contribution in [3.63, 3.8) is 0 Å². The van der Waals surface area contributed by atoms with Crippen LogP contribution in [0.25, 0.3) is 6.08 Å². The van der Waals surface area contributed by atoms with Crippen LogP contribution >= 0.6 is 0 Å². The number of hydrogen-bond donors (Lipinski definition) is 3. The van der Waals surface area contributed by atoms with Crippen LogP contribution in [0.15, 0.2) is 97.4 Å². The van der Waals surface area contributed by atoms with Gasteiger partial charge in [-0.05, 0) is 54.1 Å². The number of methoxy groups -OCH3 is 1. The quantitative estimate of drug-likeness (QED) is 0.173. The molecule has 0 amide bonds. The summed E-state index contributed by atoms with van der Waals surface area (Å²) in [6.07, 6.45) is 7.61. The Bertz CT molecular complexity index is 1580. The highest BCUT2D eigenvalue weighted by atomic mass is 19.1. The van der Waals surface area contributed by atoms with Gasteiger partial charge < -0.3 is 20.0 Å². The predicted molar refractivity (Wildman–Crippen MR) is 150 cm³/mol. The number of nitrogens with zero attached hydrogens (tertiary/aromatic N) is 4. The molecule has 1 aliphatic heterocycles. The van der Waals surface area contributed by atoms with E-state index in [1.165, 1.54) is 34.5 Å². The van der Waals surface area contributed by atoms with Crippen molar-refractivity contribution >= 4 is 11.9 Å². The number of allylic oxidation sites excluding steroid dienone is 1. The molecule has 1 aromatic heterocycles. The van der Waals surface area contributed by atoms with Crippen LogP contribution in [0.4, 0.5) is 8.78 Å². The number of benzene rings is 3. The minimum Gasteiger partial charge on any atom is -0.497 e. The fourth-order valence-corrected chi connectivity index (χ4v) is 4.37. The zero-order valence-corrected chi connectivity index (χ0v) is 22.6. The molecule has 3 N–H and O–H groups in total. The summed E-state index contributed by atoms with van der Waals surface area (Å²) in [6, 6.07) is 17.2. The van der Waals surface area contributed by atoms with Crippen molar-refractivity contribution in [1.82, 2.24) is 30.7 Å². The summed E-state index contributed by atoms with van der Waals surface area (Å²) in [7, 11) is 1.57. The Labute approximate surface area is 240 Å². The molecule has 0 saturated heterocycles. The predicted octanol–water partition coefficient (Wildman–Crippen LogP) is 3.59. The number of ether oxygens (including phenoxy) is 2. The van der Waals surface area contributed by atoms with Crippen LogP contribution in [-0.2, 0) is 12.1 Å². The third-order valence-electron chi connectivity index (χ3n) is 6.50. The highest BCUT2D eigenvalue weighted by Crippen LogP contribution is 2.28. The first kappa shape index (κ1) is 28.5. The van der Waals surface area contributed by atoms with Gasteiger partial charge in [0.1, 0.15) is 48.0 Å². The molecular formula is C30H28F2N6O4. The Hall–Kier alpha value is -5.07. The minimum atomic E-state index is -1.79. The second-order valence-electron chi connectivity index (χ2n) is 9.55. The van der Waals surface area contributed by atoms with E-state index in [9.17, 15) is 18.7 Å². The van der Waals surface area contributed by atoms with Crippen LogP contribution < -0.4 is 20.4 Å². The largest absolute Gasteiger partial charge is 0.497 e. The first-order valence-electron chi connectivity index (χ1n) is 12.9. The summed E-state index contributed by atoms with van der Waals surface area (Å²) in [5.74, 6) is -0.454. The lowest BCUT2D eigenvalue weighted by molar-refractivity contribution is -0.0209. The van der Waals surface area contributed by atoms with Crippen molar-refractivity contribution in [2.45, 2.75) is 12.1 Å². The van der Waals surface area contributed by atoms with E-state index in [-0.39, 0.29) is 31.0 Å². The number of carbonyl (C=O) groups excluding carboxylic acids is 1. The molecule has 42 heavy (non-hydrogen) atoms. The van der Waals surface area contributed by atoms with Gasteiger partial charge in [-0.15, -0.1) is 5.53 Å². The van der Waals surface area contributed by atoms with Gasteiger partial charge >= 0.3 is 0 Å². The van der Waals surface area contributed by atoms with Gasteiger partial charge in [0.25, 0.3) is 0 Å². The van der Waals surface area contributed by atoms with Gasteiger partial charge in [0, 0.05) is 23.4 Å². The molecule has 0 radical (unpaired) electrons. The molecule has 1 unspecified atom stereocenters. The molecule has 0 bridgehead atoms. The van der Waals surface area contributed by atoms with Crippen molar-refractivity contribution < 1.29 is 28.2 Å². The summed E-state index contributed by atoms with van der Waals surface area (Å²) in [6.45, 7) is -0.0663. The van der Waals surface area contributed by atoms with Crippen molar-refractivity contribution in [1.29, 1.82) is 0 Å². The van der Waals surface area contributed by atoms with Gasteiger partial charge in [0.05, 0.1) is 25.9 Å². The highest BCUT2D eigenvalue weighted by Gasteiger charge is 2.36. The van der Waals surface area contributed by atoms with E-state index in [2.05, 4.69) is 21.0 Å². The summed E-state index contributed by atoms with van der Waals surface area (Å²) < 4.78 is 40.6. The van der Waals surface area contributed by atoms with Crippen LogP contribution in [0, 0.1) is 11.6 Å². The standard InChI is InChI=1S/C30H28F2N6O4/c1-41-25-10-5-22(6-11-25)29(39)13-4-21-2-8-26(9-3-21)42-16-24-15-37(36-35-24)17-30(40,18-38-20-33-19-34-38)27-12-7-23(31)14-28(27)32/h2-15,19-20,35-36,40H,16-18H2,1H3/b13-4+. The number of halogens is 2. The zero-order chi connectivity index (χ0) is 29.5. The molecule has 2 heterocycles. The smallest absolute Gasteiger partial charge is 0.185 e. The van der Waals surface area contributed by atoms with E-state index in [4.69, 9.17) is 9.47 Å². The average molecular weight is 575 g/mol. The molecule has 0 aliphatic carbocycles. The lowest BCUT2D eigenvalue weighted by Gasteiger charge is -2.32. The molecule has 10 nitrogen and oxygen atoms in total. The normalized spacial score (nSPS) is 14.4. The summed E-state index contributed by atoms with van der Waals surface area (Å²) >= 11 is 0. The van der Waals surface area contributed by atoms with Crippen LogP contribution in [-0.4, -0.2) is 50.9 Å². The van der Waals surface area contributed by atoms with E-state index >= 15 is 0 Å². The molecule has 3 aromatic carbocycles. The molecule has 0 spiro atoms. The Morgan fingerprint density at radius 1 is 1.05 bits per heavy atom. The molecule has 12 heteroatoms. The third-order valence-corrected chi connectivity index (χ3v) is 6.50. The number of aromatic nitrogens is 3. The van der Waals surface area contributed by atoms with Gasteiger partial charge in [-0.1, -0.05) is 24.3 Å². The van der Waals surface area contributed by atoms with Crippen LogP contribution in [0.1, 0.15) is 21.5 Å². The number of carbonyl (C=O) groups is 1. The average Bonchev–Trinajstić information content (AvgIpc) is 3.67. The molecule has 0 saturated carbocycles. The number of aliphatic hydroxyl groups is 1. The maximum Gasteiger partial charge on any atom is 0.185 e. The molecule has 1 atom stereocenters. The number of ketones is 1. The second-order valence-corrected chi connectivity index (χ2v) is 9.55. The molecule has 216 valence electrons. The van der Waals surface area contributed by atoms with Crippen LogP contribution in [0.2, 0.25) is 0 Å². The summed E-state index contributed by atoms with van der Waals surface area (Å²) in [5, 5.41) is 17.1. The Morgan fingerprint density at radius 2 is 1.81 bits per heavy atom. The van der Waals surface area contributed by atoms with Crippen molar-refractivity contribution in [2.75, 3.05) is 20.3 Å². The van der Waals surface area contributed by atoms with Crippen molar-refractivity contribution in [3.8, 4) is 11.5 Å². The van der Waals surface area contributed by atoms with Gasteiger partial charge in [0.15, 0.2) is 5.78 Å². The number of hydrazine groups is 2. The summed E-state index contributed by atoms with van der Waals surface area (Å²) in [5.41, 5.74) is 6.02. The monoisotopic (exact) mass is 574 g/mol. The topological polar surface area (TPSA) is 114 Å². The number of nitrogens with one attached hydrogen (secondary N) is 2. The molecular weight excluding hydrogens is 546 g/mol.